The molecule has 1 aromatic carbocycles. The molecule has 2 fully saturated rings. The lowest BCUT2D eigenvalue weighted by Crippen LogP contribution is -2.53. The summed E-state index contributed by atoms with van der Waals surface area (Å²) in [5.41, 5.74) is 3.23. The molecule has 0 atom stereocenters. The number of carbonyl (C=O) groups excluding carboxylic acids is 2. The Morgan fingerprint density at radius 1 is 0.938 bits per heavy atom. The number of urea groups is 1. The number of carbonyl (C=O) groups is 2. The molecule has 2 aliphatic heterocycles. The van der Waals surface area contributed by atoms with Gasteiger partial charge in [-0.3, -0.25) is 9.89 Å². The van der Waals surface area contributed by atoms with Gasteiger partial charge in [0, 0.05) is 50.5 Å². The summed E-state index contributed by atoms with van der Waals surface area (Å²) in [6.45, 7) is 5.58. The standard InChI is InChI=1S/C23H26N6O3/c1-15-20-18(14-19(24-21(20)26-25-15)16-4-6-17(30)7-5-16)22(31)27-10-12-29(13-11-27)23(32)28-8-2-3-9-28/h4-7,14,30H,2-3,8-13H2,1H3,(H,24,25,26). The minimum atomic E-state index is -0.0878. The summed E-state index contributed by atoms with van der Waals surface area (Å²) < 4.78 is 0. The lowest BCUT2D eigenvalue weighted by Gasteiger charge is -2.36. The molecule has 166 valence electrons. The molecule has 4 heterocycles. The van der Waals surface area contributed by atoms with Crippen molar-refractivity contribution in [3.05, 3.63) is 41.6 Å². The van der Waals surface area contributed by atoms with Crippen molar-refractivity contribution in [2.45, 2.75) is 19.8 Å². The van der Waals surface area contributed by atoms with Crippen LogP contribution in [0.2, 0.25) is 0 Å². The summed E-state index contributed by atoms with van der Waals surface area (Å²) in [4.78, 5) is 36.4. The Morgan fingerprint density at radius 2 is 1.56 bits per heavy atom. The van der Waals surface area contributed by atoms with E-state index in [0.717, 1.165) is 37.2 Å². The first-order chi connectivity index (χ1) is 15.5. The number of phenolic OH excluding ortho intramolecular Hbond substituents is 1. The Balaban J connectivity index is 1.40. The van der Waals surface area contributed by atoms with Crippen LogP contribution in [0.5, 0.6) is 5.75 Å². The molecule has 0 bridgehead atoms. The highest BCUT2D eigenvalue weighted by molar-refractivity contribution is 6.07. The number of amides is 3. The van der Waals surface area contributed by atoms with E-state index >= 15 is 0 Å². The first-order valence-corrected chi connectivity index (χ1v) is 11.0. The Morgan fingerprint density at radius 3 is 2.25 bits per heavy atom. The summed E-state index contributed by atoms with van der Waals surface area (Å²) in [7, 11) is 0. The zero-order valence-corrected chi connectivity index (χ0v) is 18.0. The highest BCUT2D eigenvalue weighted by atomic mass is 16.3. The molecule has 0 radical (unpaired) electrons. The minimum absolute atomic E-state index is 0.0844. The van der Waals surface area contributed by atoms with E-state index in [-0.39, 0.29) is 17.7 Å². The lowest BCUT2D eigenvalue weighted by atomic mass is 10.0. The molecular weight excluding hydrogens is 408 g/mol. The fourth-order valence-corrected chi connectivity index (χ4v) is 4.50. The van der Waals surface area contributed by atoms with Crippen molar-refractivity contribution in [3.63, 3.8) is 0 Å². The molecule has 0 aliphatic carbocycles. The summed E-state index contributed by atoms with van der Waals surface area (Å²) in [6.07, 6.45) is 2.13. The van der Waals surface area contributed by atoms with E-state index in [1.54, 1.807) is 35.2 Å². The van der Waals surface area contributed by atoms with Gasteiger partial charge in [-0.2, -0.15) is 5.10 Å². The molecule has 3 amide bonds. The molecule has 9 nitrogen and oxygen atoms in total. The van der Waals surface area contributed by atoms with Crippen molar-refractivity contribution >= 4 is 23.0 Å². The third-order valence-electron chi connectivity index (χ3n) is 6.31. The van der Waals surface area contributed by atoms with Crippen molar-refractivity contribution in [1.82, 2.24) is 29.9 Å². The van der Waals surface area contributed by atoms with E-state index in [0.29, 0.717) is 48.5 Å². The van der Waals surface area contributed by atoms with Crippen LogP contribution in [-0.4, -0.2) is 86.2 Å². The maximum atomic E-state index is 13.5. The molecule has 0 spiro atoms. The van der Waals surface area contributed by atoms with Gasteiger partial charge in [-0.05, 0) is 50.1 Å². The van der Waals surface area contributed by atoms with E-state index in [4.69, 9.17) is 0 Å². The molecule has 0 saturated carbocycles. The first kappa shape index (κ1) is 20.3. The number of fused-ring (bicyclic) bond motifs is 1. The number of hydrogen-bond acceptors (Lipinski definition) is 5. The van der Waals surface area contributed by atoms with Crippen LogP contribution >= 0.6 is 0 Å². The summed E-state index contributed by atoms with van der Waals surface area (Å²) in [6, 6.07) is 8.59. The number of hydrogen-bond donors (Lipinski definition) is 2. The number of likely N-dealkylation sites (tertiary alicyclic amines) is 1. The van der Waals surface area contributed by atoms with Gasteiger partial charge in [0.05, 0.1) is 16.6 Å². The highest BCUT2D eigenvalue weighted by Gasteiger charge is 2.30. The third-order valence-corrected chi connectivity index (χ3v) is 6.31. The average Bonchev–Trinajstić information content (AvgIpc) is 3.49. The number of aromatic nitrogens is 3. The number of aromatic amines is 1. The van der Waals surface area contributed by atoms with Gasteiger partial charge in [0.25, 0.3) is 5.91 Å². The minimum Gasteiger partial charge on any atom is -0.508 e. The fraction of sp³-hybridized carbons (Fsp3) is 0.391. The summed E-state index contributed by atoms with van der Waals surface area (Å²) in [5.74, 6) is 0.0818. The van der Waals surface area contributed by atoms with Gasteiger partial charge in [-0.1, -0.05) is 0 Å². The molecule has 2 saturated heterocycles. The van der Waals surface area contributed by atoms with Crippen LogP contribution < -0.4 is 0 Å². The van der Waals surface area contributed by atoms with Crippen molar-refractivity contribution in [1.29, 1.82) is 0 Å². The molecule has 0 unspecified atom stereocenters. The van der Waals surface area contributed by atoms with Crippen LogP contribution in [0.1, 0.15) is 28.9 Å². The normalized spacial score (nSPS) is 16.7. The average molecular weight is 435 g/mol. The van der Waals surface area contributed by atoms with Gasteiger partial charge in [-0.25, -0.2) is 9.78 Å². The number of H-pyrrole nitrogens is 1. The van der Waals surface area contributed by atoms with E-state index < -0.39 is 0 Å². The van der Waals surface area contributed by atoms with Crippen molar-refractivity contribution in [2.75, 3.05) is 39.3 Å². The molecule has 2 N–H and O–H groups in total. The van der Waals surface area contributed by atoms with Crippen LogP contribution in [0.3, 0.4) is 0 Å². The maximum absolute atomic E-state index is 13.5. The number of nitrogens with one attached hydrogen (secondary N) is 1. The predicted molar refractivity (Wildman–Crippen MR) is 119 cm³/mol. The summed E-state index contributed by atoms with van der Waals surface area (Å²) in [5, 5.41) is 17.5. The first-order valence-electron chi connectivity index (χ1n) is 11.0. The highest BCUT2D eigenvalue weighted by Crippen LogP contribution is 2.28. The Hall–Kier alpha value is -3.62. The topological polar surface area (TPSA) is 106 Å². The molecule has 2 aromatic heterocycles. The lowest BCUT2D eigenvalue weighted by molar-refractivity contribution is 0.0646. The number of benzene rings is 1. The van der Waals surface area contributed by atoms with Crippen molar-refractivity contribution < 1.29 is 14.7 Å². The number of piperazine rings is 1. The van der Waals surface area contributed by atoms with E-state index in [1.165, 1.54) is 0 Å². The number of rotatable bonds is 2. The van der Waals surface area contributed by atoms with Gasteiger partial charge >= 0.3 is 6.03 Å². The quantitative estimate of drug-likeness (QED) is 0.645. The largest absolute Gasteiger partial charge is 0.508 e. The SMILES string of the molecule is Cc1[nH]nc2nc(-c3ccc(O)cc3)cc(C(=O)N3CCN(C(=O)N4CCCC4)CC3)c12. The second kappa shape index (κ2) is 8.14. The van der Waals surface area contributed by atoms with E-state index in [9.17, 15) is 14.7 Å². The zero-order valence-electron chi connectivity index (χ0n) is 18.0. The number of phenols is 1. The zero-order chi connectivity index (χ0) is 22.2. The van der Waals surface area contributed by atoms with Gasteiger partial charge in [-0.15, -0.1) is 0 Å². The number of aryl methyl sites for hydroxylation is 1. The van der Waals surface area contributed by atoms with Crippen LogP contribution in [0, 0.1) is 6.92 Å². The number of aromatic hydroxyl groups is 1. The number of nitrogens with zero attached hydrogens (tertiary/aromatic N) is 5. The molecule has 2 aliphatic rings. The van der Waals surface area contributed by atoms with E-state index in [2.05, 4.69) is 15.2 Å². The van der Waals surface area contributed by atoms with Crippen molar-refractivity contribution in [3.8, 4) is 17.0 Å². The smallest absolute Gasteiger partial charge is 0.320 e. The Labute approximate surface area is 185 Å². The summed E-state index contributed by atoms with van der Waals surface area (Å²) >= 11 is 0. The van der Waals surface area contributed by atoms with Gasteiger partial charge in [0.1, 0.15) is 5.75 Å². The Bertz CT molecular complexity index is 1160. The van der Waals surface area contributed by atoms with Gasteiger partial charge in [0.2, 0.25) is 0 Å². The molecule has 32 heavy (non-hydrogen) atoms. The monoisotopic (exact) mass is 434 g/mol. The second-order valence-electron chi connectivity index (χ2n) is 8.41. The molecule has 3 aromatic rings. The Kier molecular flexibility index (Phi) is 5.16. The maximum Gasteiger partial charge on any atom is 0.320 e. The van der Waals surface area contributed by atoms with Gasteiger partial charge in [0.15, 0.2) is 5.65 Å². The molecule has 9 heteroatoms. The fourth-order valence-electron chi connectivity index (χ4n) is 4.50. The van der Waals surface area contributed by atoms with Crippen molar-refractivity contribution in [2.24, 2.45) is 0 Å². The predicted octanol–water partition coefficient (Wildman–Crippen LogP) is 2.61. The van der Waals surface area contributed by atoms with Crippen LogP contribution in [0.25, 0.3) is 22.3 Å². The van der Waals surface area contributed by atoms with Crippen LogP contribution in [-0.2, 0) is 0 Å². The second-order valence-corrected chi connectivity index (χ2v) is 8.41. The molecular formula is C23H26N6O3. The van der Waals surface area contributed by atoms with Crippen LogP contribution in [0.4, 0.5) is 4.79 Å². The van der Waals surface area contributed by atoms with E-state index in [1.807, 2.05) is 16.7 Å². The van der Waals surface area contributed by atoms with Crippen LogP contribution in [0.15, 0.2) is 30.3 Å². The third kappa shape index (κ3) is 3.63. The number of pyridine rings is 1. The molecule has 5 rings (SSSR count). The van der Waals surface area contributed by atoms with Gasteiger partial charge < -0.3 is 19.8 Å².